The van der Waals surface area contributed by atoms with Gasteiger partial charge in [-0.25, -0.2) is 0 Å². The topological polar surface area (TPSA) is 29.1 Å². The number of carbonyl (C=O) groups is 1. The molecule has 0 bridgehead atoms. The van der Waals surface area contributed by atoms with Gasteiger partial charge in [-0.15, -0.1) is 0 Å². The first-order valence-corrected chi connectivity index (χ1v) is 7.55. The van der Waals surface area contributed by atoms with Gasteiger partial charge in [0.2, 0.25) is 0 Å². The molecule has 1 aliphatic rings. The van der Waals surface area contributed by atoms with Gasteiger partial charge in [0, 0.05) is 18.5 Å². The lowest BCUT2D eigenvalue weighted by molar-refractivity contribution is 0.0993. The first-order valence-electron chi connectivity index (χ1n) is 7.55. The molecule has 0 spiro atoms. The predicted octanol–water partition coefficient (Wildman–Crippen LogP) is 3.37. The summed E-state index contributed by atoms with van der Waals surface area (Å²) in [6.07, 6.45) is 1.54. The van der Waals surface area contributed by atoms with Crippen LogP contribution in [0.5, 0.6) is 0 Å². The van der Waals surface area contributed by atoms with Crippen LogP contribution < -0.4 is 5.32 Å². The minimum atomic E-state index is 0.202. The molecule has 2 aromatic carbocycles. The molecule has 2 nitrogen and oxygen atoms in total. The summed E-state index contributed by atoms with van der Waals surface area (Å²) in [6, 6.07) is 12.5. The van der Waals surface area contributed by atoms with Crippen LogP contribution in [0.4, 0.5) is 0 Å². The van der Waals surface area contributed by atoms with Crippen molar-refractivity contribution in [3.63, 3.8) is 0 Å². The first kappa shape index (κ1) is 14.0. The normalized spacial score (nSPS) is 13.8. The third-order valence-corrected chi connectivity index (χ3v) is 4.06. The van der Waals surface area contributed by atoms with E-state index in [1.807, 2.05) is 6.07 Å². The Labute approximate surface area is 126 Å². The smallest absolute Gasteiger partial charge is 0.167 e. The Hall–Kier alpha value is -1.93. The Morgan fingerprint density at radius 2 is 1.81 bits per heavy atom. The van der Waals surface area contributed by atoms with E-state index in [4.69, 9.17) is 0 Å². The van der Waals surface area contributed by atoms with Crippen LogP contribution in [0, 0.1) is 13.8 Å². The molecule has 0 atom stereocenters. The number of fused-ring (bicyclic) bond motifs is 1. The van der Waals surface area contributed by atoms with Crippen LogP contribution in [0.15, 0.2) is 36.4 Å². The highest BCUT2D eigenvalue weighted by molar-refractivity contribution is 5.97. The summed E-state index contributed by atoms with van der Waals surface area (Å²) >= 11 is 0. The number of hydrogen-bond acceptors (Lipinski definition) is 2. The van der Waals surface area contributed by atoms with Crippen molar-refractivity contribution in [2.24, 2.45) is 0 Å². The summed E-state index contributed by atoms with van der Waals surface area (Å²) < 4.78 is 0. The maximum Gasteiger partial charge on any atom is 0.167 e. The zero-order chi connectivity index (χ0) is 14.8. The minimum Gasteiger partial charge on any atom is -0.312 e. The van der Waals surface area contributed by atoms with Crippen molar-refractivity contribution in [3.8, 4) is 0 Å². The molecular formula is C19H21NO. The fraction of sp³-hybridized carbons (Fsp3) is 0.316. The molecule has 0 saturated heterocycles. The second kappa shape index (κ2) is 5.82. The summed E-state index contributed by atoms with van der Waals surface area (Å²) in [4.78, 5) is 12.5. The van der Waals surface area contributed by atoms with Gasteiger partial charge in [-0.1, -0.05) is 41.5 Å². The molecule has 0 unspecified atom stereocenters. The van der Waals surface area contributed by atoms with Crippen LogP contribution in [0.1, 0.15) is 38.2 Å². The number of aryl methyl sites for hydroxylation is 2. The van der Waals surface area contributed by atoms with Crippen LogP contribution >= 0.6 is 0 Å². The maximum absolute atomic E-state index is 12.5. The van der Waals surface area contributed by atoms with Gasteiger partial charge in [-0.05, 0) is 49.6 Å². The molecule has 21 heavy (non-hydrogen) atoms. The van der Waals surface area contributed by atoms with E-state index in [0.29, 0.717) is 6.42 Å². The average Bonchev–Trinajstić information content (AvgIpc) is 2.45. The highest BCUT2D eigenvalue weighted by Crippen LogP contribution is 2.18. The molecule has 0 fully saturated rings. The quantitative estimate of drug-likeness (QED) is 0.873. The minimum absolute atomic E-state index is 0.202. The molecule has 108 valence electrons. The largest absolute Gasteiger partial charge is 0.312 e. The van der Waals surface area contributed by atoms with Crippen molar-refractivity contribution < 1.29 is 4.79 Å². The molecule has 1 aliphatic heterocycles. The van der Waals surface area contributed by atoms with Crippen molar-refractivity contribution in [2.45, 2.75) is 33.2 Å². The van der Waals surface area contributed by atoms with Gasteiger partial charge < -0.3 is 5.32 Å². The van der Waals surface area contributed by atoms with Crippen LogP contribution in [-0.2, 0) is 19.4 Å². The Morgan fingerprint density at radius 3 is 2.57 bits per heavy atom. The van der Waals surface area contributed by atoms with E-state index in [9.17, 15) is 4.79 Å². The number of hydrogen-bond donors (Lipinski definition) is 1. The number of carbonyl (C=O) groups excluding carboxylic acids is 1. The van der Waals surface area contributed by atoms with E-state index >= 15 is 0 Å². The van der Waals surface area contributed by atoms with E-state index in [-0.39, 0.29) is 5.78 Å². The lowest BCUT2D eigenvalue weighted by Gasteiger charge is -2.17. The maximum atomic E-state index is 12.5. The fourth-order valence-corrected chi connectivity index (χ4v) is 3.11. The SMILES string of the molecule is Cc1cc(C)cc(CC(=O)c2ccc3c(c2)CNCC3)c1. The van der Waals surface area contributed by atoms with Crippen LogP contribution in [0.2, 0.25) is 0 Å². The highest BCUT2D eigenvalue weighted by atomic mass is 16.1. The van der Waals surface area contributed by atoms with Gasteiger partial charge in [0.15, 0.2) is 5.78 Å². The molecule has 2 heteroatoms. The van der Waals surface area contributed by atoms with Crippen molar-refractivity contribution in [3.05, 3.63) is 69.8 Å². The predicted molar refractivity (Wildman–Crippen MR) is 85.8 cm³/mol. The van der Waals surface area contributed by atoms with Gasteiger partial charge >= 0.3 is 0 Å². The lowest BCUT2D eigenvalue weighted by atomic mass is 9.94. The zero-order valence-corrected chi connectivity index (χ0v) is 12.7. The van der Waals surface area contributed by atoms with Gasteiger partial charge in [-0.2, -0.15) is 0 Å². The molecule has 0 aliphatic carbocycles. The Balaban J connectivity index is 1.82. The van der Waals surface area contributed by atoms with Crippen LogP contribution in [0.25, 0.3) is 0 Å². The Bertz CT molecular complexity index is 668. The van der Waals surface area contributed by atoms with Gasteiger partial charge in [-0.3, -0.25) is 4.79 Å². The highest BCUT2D eigenvalue weighted by Gasteiger charge is 2.13. The molecular weight excluding hydrogens is 258 g/mol. The number of nitrogens with one attached hydrogen (secondary N) is 1. The zero-order valence-electron chi connectivity index (χ0n) is 12.7. The van der Waals surface area contributed by atoms with Crippen LogP contribution in [0.3, 0.4) is 0 Å². The first-order chi connectivity index (χ1) is 10.1. The number of rotatable bonds is 3. The van der Waals surface area contributed by atoms with Crippen molar-refractivity contribution in [1.29, 1.82) is 0 Å². The van der Waals surface area contributed by atoms with E-state index in [1.165, 1.54) is 22.3 Å². The Morgan fingerprint density at radius 1 is 1.05 bits per heavy atom. The third-order valence-electron chi connectivity index (χ3n) is 4.06. The lowest BCUT2D eigenvalue weighted by Crippen LogP contribution is -2.23. The molecule has 0 amide bonds. The van der Waals surface area contributed by atoms with E-state index in [0.717, 1.165) is 30.6 Å². The summed E-state index contributed by atoms with van der Waals surface area (Å²) in [5, 5.41) is 3.36. The number of ketones is 1. The molecule has 2 aromatic rings. The molecule has 1 heterocycles. The van der Waals surface area contributed by atoms with Gasteiger partial charge in [0.25, 0.3) is 0 Å². The summed E-state index contributed by atoms with van der Waals surface area (Å²) in [6.45, 7) is 6.06. The monoisotopic (exact) mass is 279 g/mol. The molecule has 0 radical (unpaired) electrons. The second-order valence-electron chi connectivity index (χ2n) is 6.01. The van der Waals surface area contributed by atoms with Gasteiger partial charge in [0.05, 0.1) is 0 Å². The summed E-state index contributed by atoms with van der Waals surface area (Å²) in [5.74, 6) is 0.202. The van der Waals surface area contributed by atoms with Crippen molar-refractivity contribution in [2.75, 3.05) is 6.54 Å². The number of benzene rings is 2. The third kappa shape index (κ3) is 3.22. The van der Waals surface area contributed by atoms with Crippen molar-refractivity contribution in [1.82, 2.24) is 5.32 Å². The molecule has 1 N–H and O–H groups in total. The molecule has 3 rings (SSSR count). The van der Waals surface area contributed by atoms with Crippen LogP contribution in [-0.4, -0.2) is 12.3 Å². The molecule has 0 aromatic heterocycles. The average molecular weight is 279 g/mol. The number of Topliss-reactive ketones (excluding diaryl/α,β-unsaturated/α-hetero) is 1. The standard InChI is InChI=1S/C19H21NO/c1-13-7-14(2)9-15(8-13)10-19(21)17-4-3-16-5-6-20-12-18(16)11-17/h3-4,7-9,11,20H,5-6,10,12H2,1-2H3. The fourth-order valence-electron chi connectivity index (χ4n) is 3.11. The second-order valence-corrected chi connectivity index (χ2v) is 6.01. The van der Waals surface area contributed by atoms with Gasteiger partial charge in [0.1, 0.15) is 0 Å². The van der Waals surface area contributed by atoms with Crippen molar-refractivity contribution >= 4 is 5.78 Å². The summed E-state index contributed by atoms with van der Waals surface area (Å²) in [5.41, 5.74) is 7.01. The molecule has 0 saturated carbocycles. The van der Waals surface area contributed by atoms with E-state index in [1.54, 1.807) is 0 Å². The van der Waals surface area contributed by atoms with E-state index < -0.39 is 0 Å². The Kier molecular flexibility index (Phi) is 3.89. The summed E-state index contributed by atoms with van der Waals surface area (Å²) in [7, 11) is 0. The van der Waals surface area contributed by atoms with E-state index in [2.05, 4.69) is 49.5 Å².